The molecular weight excluding hydrogens is 208 g/mol. The number of nitriles is 1. The van der Waals surface area contributed by atoms with Gasteiger partial charge in [0.15, 0.2) is 0 Å². The van der Waals surface area contributed by atoms with E-state index in [2.05, 4.69) is 30.9 Å². The van der Waals surface area contributed by atoms with E-state index >= 15 is 0 Å². The molecule has 0 atom stereocenters. The minimum atomic E-state index is 0.761. The third kappa shape index (κ3) is 3.31. The van der Waals surface area contributed by atoms with E-state index < -0.39 is 0 Å². The monoisotopic (exact) mass is 228 g/mol. The van der Waals surface area contributed by atoms with Gasteiger partial charge in [-0.1, -0.05) is 13.0 Å². The lowest BCUT2D eigenvalue weighted by Crippen LogP contribution is -2.25. The van der Waals surface area contributed by atoms with Gasteiger partial charge in [0.05, 0.1) is 11.6 Å². The second-order valence-electron chi connectivity index (χ2n) is 5.02. The van der Waals surface area contributed by atoms with Crippen molar-refractivity contribution < 1.29 is 0 Å². The molecule has 0 spiro atoms. The van der Waals surface area contributed by atoms with Crippen LogP contribution in [0.15, 0.2) is 18.2 Å². The molecule has 0 bridgehead atoms. The Labute approximate surface area is 104 Å². The van der Waals surface area contributed by atoms with Gasteiger partial charge in [0.2, 0.25) is 0 Å². The van der Waals surface area contributed by atoms with E-state index in [9.17, 15) is 0 Å². The summed E-state index contributed by atoms with van der Waals surface area (Å²) in [5.41, 5.74) is 3.35. The van der Waals surface area contributed by atoms with Crippen LogP contribution in [0.2, 0.25) is 0 Å². The Kier molecular flexibility index (Phi) is 3.81. The molecule has 0 N–H and O–H groups in total. The van der Waals surface area contributed by atoms with Crippen molar-refractivity contribution in [2.45, 2.75) is 33.2 Å². The van der Waals surface area contributed by atoms with Crippen LogP contribution in [0, 0.1) is 24.2 Å². The first-order chi connectivity index (χ1) is 8.22. The summed E-state index contributed by atoms with van der Waals surface area (Å²) in [6.45, 7) is 7.68. The predicted molar refractivity (Wildman–Crippen MR) is 69.6 cm³/mol. The van der Waals surface area contributed by atoms with Gasteiger partial charge in [0.25, 0.3) is 0 Å². The number of hydrogen-bond donors (Lipinski definition) is 0. The lowest BCUT2D eigenvalue weighted by atomic mass is 10.1. The number of hydrogen-bond acceptors (Lipinski definition) is 2. The normalized spacial score (nSPS) is 14.9. The molecule has 1 aromatic carbocycles. The highest BCUT2D eigenvalue weighted by Crippen LogP contribution is 2.30. The Morgan fingerprint density at radius 1 is 1.41 bits per heavy atom. The lowest BCUT2D eigenvalue weighted by Gasteiger charge is -2.21. The van der Waals surface area contributed by atoms with Crippen LogP contribution in [0.25, 0.3) is 0 Å². The topological polar surface area (TPSA) is 27.0 Å². The molecule has 1 saturated carbocycles. The number of nitrogens with zero attached hydrogens (tertiary/aromatic N) is 2. The second kappa shape index (κ2) is 5.33. The fourth-order valence-electron chi connectivity index (χ4n) is 2.15. The van der Waals surface area contributed by atoms with Gasteiger partial charge in [-0.25, -0.2) is 0 Å². The Morgan fingerprint density at radius 2 is 2.18 bits per heavy atom. The first-order valence-corrected chi connectivity index (χ1v) is 6.45. The molecule has 2 heteroatoms. The molecule has 0 unspecified atom stereocenters. The molecule has 2 rings (SSSR count). The van der Waals surface area contributed by atoms with Crippen LogP contribution in [0.5, 0.6) is 0 Å². The number of aryl methyl sites for hydroxylation is 1. The summed E-state index contributed by atoms with van der Waals surface area (Å²) in [5.74, 6) is 0.939. The minimum Gasteiger partial charge on any atom is -0.299 e. The van der Waals surface area contributed by atoms with Gasteiger partial charge in [0.1, 0.15) is 0 Å². The van der Waals surface area contributed by atoms with Crippen molar-refractivity contribution in [3.63, 3.8) is 0 Å². The summed E-state index contributed by atoms with van der Waals surface area (Å²) in [5, 5.41) is 8.85. The van der Waals surface area contributed by atoms with Crippen molar-refractivity contribution >= 4 is 0 Å². The quantitative estimate of drug-likeness (QED) is 0.774. The van der Waals surface area contributed by atoms with Crippen LogP contribution in [-0.2, 0) is 6.54 Å². The molecule has 2 nitrogen and oxygen atoms in total. The second-order valence-corrected chi connectivity index (χ2v) is 5.02. The Hall–Kier alpha value is -1.33. The van der Waals surface area contributed by atoms with Crippen molar-refractivity contribution in [3.8, 4) is 6.07 Å². The Morgan fingerprint density at radius 3 is 2.71 bits per heavy atom. The van der Waals surface area contributed by atoms with Gasteiger partial charge in [-0.2, -0.15) is 5.26 Å². The van der Waals surface area contributed by atoms with E-state index in [-0.39, 0.29) is 0 Å². The van der Waals surface area contributed by atoms with Crippen molar-refractivity contribution in [1.82, 2.24) is 4.90 Å². The zero-order chi connectivity index (χ0) is 12.3. The maximum atomic E-state index is 8.85. The van der Waals surface area contributed by atoms with Crippen molar-refractivity contribution in [1.29, 1.82) is 5.26 Å². The number of benzene rings is 1. The lowest BCUT2D eigenvalue weighted by molar-refractivity contribution is 0.268. The SMILES string of the molecule is CCN(Cc1ccc(C#N)cc1C)CC1CC1. The van der Waals surface area contributed by atoms with E-state index in [0.717, 1.165) is 24.6 Å². The molecule has 1 fully saturated rings. The smallest absolute Gasteiger partial charge is 0.0991 e. The molecule has 90 valence electrons. The molecule has 0 heterocycles. The highest BCUT2D eigenvalue weighted by molar-refractivity contribution is 5.37. The highest BCUT2D eigenvalue weighted by atomic mass is 15.1. The van der Waals surface area contributed by atoms with Crippen molar-refractivity contribution in [3.05, 3.63) is 34.9 Å². The standard InChI is InChI=1S/C15H20N2/c1-3-17(10-13-4-5-13)11-15-7-6-14(9-16)8-12(15)2/h6-8,13H,3-5,10-11H2,1-2H3. The summed E-state index contributed by atoms with van der Waals surface area (Å²) in [6.07, 6.45) is 2.81. The summed E-state index contributed by atoms with van der Waals surface area (Å²) in [4.78, 5) is 2.51. The van der Waals surface area contributed by atoms with Crippen molar-refractivity contribution in [2.24, 2.45) is 5.92 Å². The van der Waals surface area contributed by atoms with E-state index in [0.29, 0.717) is 0 Å². The average molecular weight is 228 g/mol. The Bertz CT molecular complexity index is 427. The van der Waals surface area contributed by atoms with Gasteiger partial charge in [-0.15, -0.1) is 0 Å². The van der Waals surface area contributed by atoms with Crippen LogP contribution in [0.3, 0.4) is 0 Å². The van der Waals surface area contributed by atoms with Crippen molar-refractivity contribution in [2.75, 3.05) is 13.1 Å². The fourth-order valence-corrected chi connectivity index (χ4v) is 2.15. The summed E-state index contributed by atoms with van der Waals surface area (Å²) >= 11 is 0. The molecule has 0 aromatic heterocycles. The molecule has 0 radical (unpaired) electrons. The van der Waals surface area contributed by atoms with Gasteiger partial charge in [-0.05, 0) is 55.5 Å². The average Bonchev–Trinajstić information content (AvgIpc) is 3.14. The Balaban J connectivity index is 2.03. The van der Waals surface area contributed by atoms with Crippen LogP contribution in [-0.4, -0.2) is 18.0 Å². The van der Waals surface area contributed by atoms with Gasteiger partial charge < -0.3 is 0 Å². The summed E-state index contributed by atoms with van der Waals surface area (Å²) in [6, 6.07) is 8.20. The molecule has 0 aliphatic heterocycles. The van der Waals surface area contributed by atoms with Gasteiger partial charge in [0, 0.05) is 13.1 Å². The van der Waals surface area contributed by atoms with Crippen LogP contribution < -0.4 is 0 Å². The maximum absolute atomic E-state index is 8.85. The molecule has 1 aliphatic carbocycles. The van der Waals surface area contributed by atoms with Gasteiger partial charge >= 0.3 is 0 Å². The van der Waals surface area contributed by atoms with E-state index in [1.54, 1.807) is 0 Å². The third-order valence-corrected chi connectivity index (χ3v) is 3.53. The molecule has 1 aliphatic rings. The minimum absolute atomic E-state index is 0.761. The first kappa shape index (κ1) is 12.1. The first-order valence-electron chi connectivity index (χ1n) is 6.45. The summed E-state index contributed by atoms with van der Waals surface area (Å²) in [7, 11) is 0. The largest absolute Gasteiger partial charge is 0.299 e. The zero-order valence-corrected chi connectivity index (χ0v) is 10.7. The zero-order valence-electron chi connectivity index (χ0n) is 10.7. The molecule has 1 aromatic rings. The van der Waals surface area contributed by atoms with E-state index in [1.807, 2.05) is 12.1 Å². The number of rotatable bonds is 5. The van der Waals surface area contributed by atoms with E-state index in [4.69, 9.17) is 5.26 Å². The highest BCUT2D eigenvalue weighted by Gasteiger charge is 2.23. The molecule has 0 saturated heterocycles. The van der Waals surface area contributed by atoms with Crippen LogP contribution >= 0.6 is 0 Å². The predicted octanol–water partition coefficient (Wildman–Crippen LogP) is 3.10. The fraction of sp³-hybridized carbons (Fsp3) is 0.533. The van der Waals surface area contributed by atoms with Gasteiger partial charge in [-0.3, -0.25) is 4.90 Å². The maximum Gasteiger partial charge on any atom is 0.0991 e. The third-order valence-electron chi connectivity index (χ3n) is 3.53. The molecule has 0 amide bonds. The molecular formula is C15H20N2. The molecule has 17 heavy (non-hydrogen) atoms. The van der Waals surface area contributed by atoms with Crippen LogP contribution in [0.1, 0.15) is 36.5 Å². The summed E-state index contributed by atoms with van der Waals surface area (Å²) < 4.78 is 0. The van der Waals surface area contributed by atoms with Crippen LogP contribution in [0.4, 0.5) is 0 Å². The van der Waals surface area contributed by atoms with E-state index in [1.165, 1.54) is 30.5 Å².